The molecule has 2 aromatic rings. The lowest BCUT2D eigenvalue weighted by Gasteiger charge is -2.21. The quantitative estimate of drug-likeness (QED) is 0.694. The summed E-state index contributed by atoms with van der Waals surface area (Å²) in [7, 11) is 0. The molecule has 0 bridgehead atoms. The van der Waals surface area contributed by atoms with Gasteiger partial charge in [-0.25, -0.2) is 4.90 Å². The van der Waals surface area contributed by atoms with Gasteiger partial charge in [0.1, 0.15) is 35.6 Å². The van der Waals surface area contributed by atoms with Gasteiger partial charge in [0.2, 0.25) is 11.8 Å². The molecule has 4 atom stereocenters. The highest BCUT2D eigenvalue weighted by Crippen LogP contribution is 2.43. The molecule has 2 amide bonds. The van der Waals surface area contributed by atoms with Gasteiger partial charge in [-0.2, -0.15) is 0 Å². The Bertz CT molecular complexity index is 957. The Morgan fingerprint density at radius 2 is 1.78 bits per heavy atom. The van der Waals surface area contributed by atoms with Crippen LogP contribution in [0.5, 0.6) is 5.75 Å². The van der Waals surface area contributed by atoms with Crippen LogP contribution in [0.25, 0.3) is 0 Å². The molecule has 0 aromatic heterocycles. The van der Waals surface area contributed by atoms with Crippen molar-refractivity contribution < 1.29 is 29.9 Å². The summed E-state index contributed by atoms with van der Waals surface area (Å²) in [6.07, 6.45) is 0. The Morgan fingerprint density at radius 3 is 2.44 bits per heavy atom. The van der Waals surface area contributed by atoms with E-state index < -0.39 is 41.7 Å². The number of aliphatic carboxylic acids is 1. The van der Waals surface area contributed by atoms with Crippen LogP contribution in [-0.2, 0) is 14.4 Å². The van der Waals surface area contributed by atoms with Crippen molar-refractivity contribution in [1.82, 2.24) is 0 Å². The molecule has 27 heavy (non-hydrogen) atoms. The van der Waals surface area contributed by atoms with Crippen molar-refractivity contribution >= 4 is 23.5 Å². The van der Waals surface area contributed by atoms with Crippen LogP contribution in [0.3, 0.4) is 0 Å². The first-order valence-corrected chi connectivity index (χ1v) is 8.68. The molecular formula is C20H18N2O5. The minimum atomic E-state index is -1.39. The molecule has 7 nitrogen and oxygen atoms in total. The second kappa shape index (κ2) is 6.21. The Kier molecular flexibility index (Phi) is 3.96. The van der Waals surface area contributed by atoms with Crippen LogP contribution < -0.4 is 15.3 Å². The minimum Gasteiger partial charge on any atom is -0.544 e. The van der Waals surface area contributed by atoms with Gasteiger partial charge in [0.05, 0.1) is 11.3 Å². The molecular weight excluding hydrogens is 348 g/mol. The number of rotatable bonds is 3. The highest BCUT2D eigenvalue weighted by Gasteiger charge is 2.63. The molecule has 2 aliphatic rings. The number of aryl methyl sites for hydroxylation is 1. The summed E-state index contributed by atoms with van der Waals surface area (Å²) in [6.45, 7) is 1.85. The molecule has 2 heterocycles. The molecule has 0 unspecified atom stereocenters. The highest BCUT2D eigenvalue weighted by molar-refractivity contribution is 6.23. The van der Waals surface area contributed by atoms with Gasteiger partial charge in [-0.3, -0.25) is 9.59 Å². The first-order valence-electron chi connectivity index (χ1n) is 8.68. The third kappa shape index (κ3) is 2.59. The van der Waals surface area contributed by atoms with Crippen molar-refractivity contribution in [3.8, 4) is 5.75 Å². The number of fused-ring (bicyclic) bond motifs is 1. The second-order valence-corrected chi connectivity index (χ2v) is 7.02. The fourth-order valence-electron chi connectivity index (χ4n) is 4.24. The van der Waals surface area contributed by atoms with E-state index in [4.69, 9.17) is 0 Å². The molecule has 138 valence electrons. The first kappa shape index (κ1) is 17.2. The maximum atomic E-state index is 13.2. The summed E-state index contributed by atoms with van der Waals surface area (Å²) >= 11 is 0. The number of benzene rings is 2. The van der Waals surface area contributed by atoms with Crippen molar-refractivity contribution in [3.05, 3.63) is 59.7 Å². The molecule has 4 rings (SSSR count). The number of amides is 2. The third-order valence-corrected chi connectivity index (χ3v) is 5.41. The molecule has 2 fully saturated rings. The lowest BCUT2D eigenvalue weighted by Crippen LogP contribution is -2.92. The van der Waals surface area contributed by atoms with Gasteiger partial charge < -0.3 is 20.3 Å². The topological polar surface area (TPSA) is 114 Å². The summed E-state index contributed by atoms with van der Waals surface area (Å²) in [5.74, 6) is -4.34. The van der Waals surface area contributed by atoms with E-state index >= 15 is 0 Å². The molecule has 0 saturated carbocycles. The van der Waals surface area contributed by atoms with Crippen LogP contribution in [-0.4, -0.2) is 28.9 Å². The maximum Gasteiger partial charge on any atom is 0.244 e. The summed E-state index contributed by atoms with van der Waals surface area (Å²) < 4.78 is 0. The predicted octanol–water partition coefficient (Wildman–Crippen LogP) is -0.757. The fraction of sp³-hybridized carbons (Fsp3) is 0.250. The number of para-hydroxylation sites is 1. The fourth-order valence-corrected chi connectivity index (χ4v) is 4.24. The number of nitrogens with two attached hydrogens (primary N) is 1. The van der Waals surface area contributed by atoms with E-state index in [1.165, 1.54) is 11.4 Å². The van der Waals surface area contributed by atoms with Crippen LogP contribution >= 0.6 is 0 Å². The zero-order chi connectivity index (χ0) is 19.3. The van der Waals surface area contributed by atoms with Crippen LogP contribution in [0.15, 0.2) is 48.5 Å². The van der Waals surface area contributed by atoms with Crippen molar-refractivity contribution in [2.45, 2.75) is 19.0 Å². The van der Waals surface area contributed by atoms with Crippen LogP contribution in [0.1, 0.15) is 17.2 Å². The Hall–Kier alpha value is -3.19. The van der Waals surface area contributed by atoms with E-state index in [0.717, 1.165) is 10.5 Å². The smallest absolute Gasteiger partial charge is 0.244 e. The van der Waals surface area contributed by atoms with E-state index in [-0.39, 0.29) is 5.75 Å². The lowest BCUT2D eigenvalue weighted by atomic mass is 9.86. The molecule has 2 aromatic carbocycles. The third-order valence-electron chi connectivity index (χ3n) is 5.41. The number of carboxylic acids is 1. The SMILES string of the molecule is Cc1cccc(N2C(=O)[C@@H]3[C@@H](C2=O)[C@H](c2ccccc2O)[NH2+][C@@H]3C(=O)[O-])c1. The van der Waals surface area contributed by atoms with Gasteiger partial charge in [0, 0.05) is 0 Å². The molecule has 2 aliphatic heterocycles. The van der Waals surface area contributed by atoms with Crippen molar-refractivity contribution in [3.63, 3.8) is 0 Å². The number of quaternary nitrogens is 1. The Balaban J connectivity index is 1.80. The highest BCUT2D eigenvalue weighted by atomic mass is 16.4. The lowest BCUT2D eigenvalue weighted by molar-refractivity contribution is -0.705. The van der Waals surface area contributed by atoms with Crippen LogP contribution in [0.2, 0.25) is 0 Å². The predicted molar refractivity (Wildman–Crippen MR) is 92.2 cm³/mol. The van der Waals surface area contributed by atoms with Crippen LogP contribution in [0, 0.1) is 18.8 Å². The second-order valence-electron chi connectivity index (χ2n) is 7.02. The number of aromatic hydroxyl groups is 1. The van der Waals surface area contributed by atoms with E-state index in [9.17, 15) is 24.6 Å². The van der Waals surface area contributed by atoms with Gasteiger partial charge in [-0.05, 0) is 36.8 Å². The summed E-state index contributed by atoms with van der Waals surface area (Å²) in [5.41, 5.74) is 1.74. The van der Waals surface area contributed by atoms with E-state index in [1.807, 2.05) is 13.0 Å². The molecule has 7 heteroatoms. The normalized spacial score (nSPS) is 27.1. The van der Waals surface area contributed by atoms with Crippen molar-refractivity contribution in [2.24, 2.45) is 11.8 Å². The number of phenolic OH excluding ortho intramolecular Hbond substituents is 1. The molecule has 3 N–H and O–H groups in total. The molecule has 2 saturated heterocycles. The van der Waals surface area contributed by atoms with Crippen molar-refractivity contribution in [2.75, 3.05) is 4.90 Å². The average molecular weight is 366 g/mol. The number of carbonyl (C=O) groups excluding carboxylic acids is 3. The zero-order valence-corrected chi connectivity index (χ0v) is 14.5. The first-order chi connectivity index (χ1) is 12.9. The molecule has 0 spiro atoms. The molecule has 0 radical (unpaired) electrons. The van der Waals surface area contributed by atoms with Crippen LogP contribution in [0.4, 0.5) is 5.69 Å². The standard InChI is InChI=1S/C20H18N2O5/c1-10-5-4-6-11(9-10)22-18(24)14-15(19(22)25)17(20(26)27)21-16(14)12-7-2-3-8-13(12)23/h2-9,14-17,21,23H,1H3,(H,26,27)/t14-,15-,16+,17+/m1/s1. The Morgan fingerprint density at radius 1 is 1.07 bits per heavy atom. The van der Waals surface area contributed by atoms with Gasteiger partial charge in [0.25, 0.3) is 0 Å². The monoisotopic (exact) mass is 366 g/mol. The van der Waals surface area contributed by atoms with Crippen molar-refractivity contribution in [1.29, 1.82) is 0 Å². The van der Waals surface area contributed by atoms with Gasteiger partial charge in [-0.1, -0.05) is 24.3 Å². The number of nitrogens with zero attached hydrogens (tertiary/aromatic N) is 1. The van der Waals surface area contributed by atoms with Gasteiger partial charge in [-0.15, -0.1) is 0 Å². The number of phenols is 1. The van der Waals surface area contributed by atoms with Gasteiger partial charge >= 0.3 is 0 Å². The Labute approximate surface area is 155 Å². The number of hydrogen-bond donors (Lipinski definition) is 2. The number of carbonyl (C=O) groups is 3. The number of imide groups is 1. The number of hydrogen-bond acceptors (Lipinski definition) is 5. The zero-order valence-electron chi connectivity index (χ0n) is 14.5. The summed E-state index contributed by atoms with van der Waals surface area (Å²) in [5, 5.41) is 23.3. The minimum absolute atomic E-state index is 0.0363. The number of anilines is 1. The van der Waals surface area contributed by atoms with E-state index in [0.29, 0.717) is 11.3 Å². The summed E-state index contributed by atoms with van der Waals surface area (Å²) in [6, 6.07) is 11.5. The number of carboxylic acid groups (broad SMARTS) is 1. The summed E-state index contributed by atoms with van der Waals surface area (Å²) in [4.78, 5) is 38.9. The van der Waals surface area contributed by atoms with E-state index in [2.05, 4.69) is 0 Å². The van der Waals surface area contributed by atoms with E-state index in [1.54, 1.807) is 36.4 Å². The molecule has 0 aliphatic carbocycles. The average Bonchev–Trinajstić information content (AvgIpc) is 3.13. The maximum absolute atomic E-state index is 13.2. The largest absolute Gasteiger partial charge is 0.544 e. The van der Waals surface area contributed by atoms with Gasteiger partial charge in [0.15, 0.2) is 0 Å².